The average molecular weight is 289 g/mol. The number of aryl methyl sites for hydroxylation is 2. The van der Waals surface area contributed by atoms with Crippen molar-refractivity contribution in [1.82, 2.24) is 14.9 Å². The summed E-state index contributed by atoms with van der Waals surface area (Å²) in [6, 6.07) is 0.501. The molecule has 0 unspecified atom stereocenters. The van der Waals surface area contributed by atoms with Gasteiger partial charge in [0, 0.05) is 18.8 Å². The van der Waals surface area contributed by atoms with E-state index >= 15 is 0 Å². The summed E-state index contributed by atoms with van der Waals surface area (Å²) in [6.07, 6.45) is 11.8. The summed E-state index contributed by atoms with van der Waals surface area (Å²) in [5.74, 6) is 1.23. The highest BCUT2D eigenvalue weighted by atomic mass is 16.5. The van der Waals surface area contributed by atoms with Gasteiger partial charge in [-0.05, 0) is 64.3 Å². The molecule has 0 radical (unpaired) electrons. The van der Waals surface area contributed by atoms with Crippen molar-refractivity contribution in [3.63, 3.8) is 0 Å². The number of hydrogen-bond donors (Lipinski definition) is 1. The van der Waals surface area contributed by atoms with Crippen LogP contribution in [0.1, 0.15) is 68.2 Å². The van der Waals surface area contributed by atoms with E-state index in [2.05, 4.69) is 9.88 Å². The van der Waals surface area contributed by atoms with Crippen LogP contribution in [0.15, 0.2) is 0 Å². The van der Waals surface area contributed by atoms with Gasteiger partial charge in [0.2, 0.25) is 0 Å². The first-order valence-corrected chi connectivity index (χ1v) is 8.83. The molecule has 0 saturated carbocycles. The molecule has 116 valence electrons. The van der Waals surface area contributed by atoms with Crippen molar-refractivity contribution in [2.75, 3.05) is 19.7 Å². The van der Waals surface area contributed by atoms with Crippen LogP contribution in [0.3, 0.4) is 0 Å². The molecule has 2 fully saturated rings. The van der Waals surface area contributed by atoms with Gasteiger partial charge in [0.1, 0.15) is 5.82 Å². The maximum absolute atomic E-state index is 5.93. The van der Waals surface area contributed by atoms with Crippen LogP contribution in [-0.4, -0.2) is 40.7 Å². The zero-order valence-electron chi connectivity index (χ0n) is 12.9. The lowest BCUT2D eigenvalue weighted by Crippen LogP contribution is -2.35. The normalized spacial score (nSPS) is 30.5. The Bertz CT molecular complexity index is 455. The Morgan fingerprint density at radius 2 is 2.05 bits per heavy atom. The number of aromatic nitrogens is 2. The first kappa shape index (κ1) is 13.8. The van der Waals surface area contributed by atoms with Crippen LogP contribution in [0.2, 0.25) is 0 Å². The maximum atomic E-state index is 5.93. The monoisotopic (exact) mass is 289 g/mol. The van der Waals surface area contributed by atoms with Crippen LogP contribution in [-0.2, 0) is 17.6 Å². The summed E-state index contributed by atoms with van der Waals surface area (Å²) < 4.78 is 5.93. The number of nitrogens with one attached hydrogen (secondary N) is 1. The van der Waals surface area contributed by atoms with E-state index in [1.54, 1.807) is 0 Å². The van der Waals surface area contributed by atoms with Gasteiger partial charge in [0.25, 0.3) is 0 Å². The van der Waals surface area contributed by atoms with Crippen molar-refractivity contribution in [2.45, 2.75) is 69.9 Å². The van der Waals surface area contributed by atoms with Gasteiger partial charge in [-0.1, -0.05) is 0 Å². The summed E-state index contributed by atoms with van der Waals surface area (Å²) in [5, 5.41) is 0. The van der Waals surface area contributed by atoms with Gasteiger partial charge in [0.15, 0.2) is 0 Å². The zero-order chi connectivity index (χ0) is 14.1. The Morgan fingerprint density at radius 1 is 1.10 bits per heavy atom. The van der Waals surface area contributed by atoms with Crippen LogP contribution in [0.5, 0.6) is 0 Å². The van der Waals surface area contributed by atoms with E-state index in [9.17, 15) is 0 Å². The summed E-state index contributed by atoms with van der Waals surface area (Å²) in [7, 11) is 0. The van der Waals surface area contributed by atoms with Gasteiger partial charge in [0.05, 0.1) is 17.8 Å². The zero-order valence-corrected chi connectivity index (χ0v) is 12.9. The number of rotatable bonds is 3. The third kappa shape index (κ3) is 2.88. The van der Waals surface area contributed by atoms with E-state index in [1.807, 2.05) is 0 Å². The van der Waals surface area contributed by atoms with Crippen LogP contribution in [0.25, 0.3) is 0 Å². The van der Waals surface area contributed by atoms with E-state index in [-0.39, 0.29) is 0 Å². The molecule has 1 aromatic heterocycles. The van der Waals surface area contributed by atoms with E-state index in [4.69, 9.17) is 9.72 Å². The number of fused-ring (bicyclic) bond motifs is 1. The Labute approximate surface area is 127 Å². The topological polar surface area (TPSA) is 41.2 Å². The number of H-pyrrole nitrogens is 1. The first-order chi connectivity index (χ1) is 10.4. The quantitative estimate of drug-likeness (QED) is 0.930. The van der Waals surface area contributed by atoms with Gasteiger partial charge in [-0.3, -0.25) is 4.90 Å². The van der Waals surface area contributed by atoms with Gasteiger partial charge in [-0.2, -0.15) is 0 Å². The Kier molecular flexibility index (Phi) is 3.99. The molecule has 0 amide bonds. The highest BCUT2D eigenvalue weighted by Crippen LogP contribution is 2.33. The molecule has 4 nitrogen and oxygen atoms in total. The number of aromatic amines is 1. The van der Waals surface area contributed by atoms with Gasteiger partial charge in [-0.25, -0.2) is 4.98 Å². The lowest BCUT2D eigenvalue weighted by Gasteiger charge is -2.30. The molecule has 0 spiro atoms. The molecule has 2 aliphatic heterocycles. The predicted molar refractivity (Wildman–Crippen MR) is 82.4 cm³/mol. The van der Waals surface area contributed by atoms with Crippen molar-refractivity contribution in [2.24, 2.45) is 0 Å². The number of likely N-dealkylation sites (tertiary alicyclic amines) is 1. The van der Waals surface area contributed by atoms with Crippen molar-refractivity contribution >= 4 is 0 Å². The average Bonchev–Trinajstić information content (AvgIpc) is 3.14. The molecule has 0 aromatic carbocycles. The summed E-state index contributed by atoms with van der Waals surface area (Å²) >= 11 is 0. The summed E-state index contributed by atoms with van der Waals surface area (Å²) in [4.78, 5) is 11.2. The standard InChI is InChI=1S/C17H27N3O/c1-2-8-15-14(7-1)18-17(19-15)16-9-5-10-20(16)12-13-6-3-4-11-21-13/h13,16H,1-12H2,(H,18,19)/t13-,16+/m0/s1. The van der Waals surface area contributed by atoms with Crippen molar-refractivity contribution < 1.29 is 4.74 Å². The molecule has 1 aromatic rings. The molecule has 4 rings (SSSR count). The van der Waals surface area contributed by atoms with Crippen LogP contribution in [0, 0.1) is 0 Å². The van der Waals surface area contributed by atoms with Crippen molar-refractivity contribution in [1.29, 1.82) is 0 Å². The highest BCUT2D eigenvalue weighted by molar-refractivity contribution is 5.19. The molecule has 1 aliphatic carbocycles. The largest absolute Gasteiger partial charge is 0.377 e. The van der Waals surface area contributed by atoms with E-state index in [0.29, 0.717) is 12.1 Å². The van der Waals surface area contributed by atoms with Crippen LogP contribution < -0.4 is 0 Å². The first-order valence-electron chi connectivity index (χ1n) is 8.83. The SMILES string of the molecule is C1CC[C@@H](CN2CCC[C@@H]2c2nc3c([nH]2)CCCC3)OC1. The predicted octanol–water partition coefficient (Wildman–Crippen LogP) is 2.99. The maximum Gasteiger partial charge on any atom is 0.124 e. The Morgan fingerprint density at radius 3 is 2.90 bits per heavy atom. The second-order valence-electron chi connectivity index (χ2n) is 6.90. The molecular formula is C17H27N3O. The number of imidazole rings is 1. The van der Waals surface area contributed by atoms with Gasteiger partial charge >= 0.3 is 0 Å². The number of ether oxygens (including phenoxy) is 1. The smallest absolute Gasteiger partial charge is 0.124 e. The summed E-state index contributed by atoms with van der Waals surface area (Å²) in [5.41, 5.74) is 2.76. The lowest BCUT2D eigenvalue weighted by atomic mass is 10.0. The second kappa shape index (κ2) is 6.09. The van der Waals surface area contributed by atoms with Gasteiger partial charge in [-0.15, -0.1) is 0 Å². The number of nitrogens with zero attached hydrogens (tertiary/aromatic N) is 2. The van der Waals surface area contributed by atoms with E-state index in [0.717, 1.165) is 13.2 Å². The molecule has 2 saturated heterocycles. The van der Waals surface area contributed by atoms with Crippen molar-refractivity contribution in [3.05, 3.63) is 17.2 Å². The van der Waals surface area contributed by atoms with Crippen LogP contribution in [0.4, 0.5) is 0 Å². The van der Waals surface area contributed by atoms with Crippen molar-refractivity contribution in [3.8, 4) is 0 Å². The van der Waals surface area contributed by atoms with Crippen LogP contribution >= 0.6 is 0 Å². The number of hydrogen-bond acceptors (Lipinski definition) is 3. The molecule has 2 atom stereocenters. The molecule has 3 heterocycles. The van der Waals surface area contributed by atoms with E-state index < -0.39 is 0 Å². The second-order valence-corrected chi connectivity index (χ2v) is 6.90. The molecule has 0 bridgehead atoms. The molecule has 1 N–H and O–H groups in total. The fourth-order valence-corrected chi connectivity index (χ4v) is 4.20. The minimum atomic E-state index is 0.448. The molecule has 21 heavy (non-hydrogen) atoms. The van der Waals surface area contributed by atoms with E-state index in [1.165, 1.54) is 81.5 Å². The minimum absolute atomic E-state index is 0.448. The minimum Gasteiger partial charge on any atom is -0.377 e. The highest BCUT2D eigenvalue weighted by Gasteiger charge is 2.31. The molecule has 3 aliphatic rings. The lowest BCUT2D eigenvalue weighted by molar-refractivity contribution is -0.00853. The summed E-state index contributed by atoms with van der Waals surface area (Å²) in [6.45, 7) is 3.25. The fraction of sp³-hybridized carbons (Fsp3) is 0.824. The fourth-order valence-electron chi connectivity index (χ4n) is 4.20. The third-order valence-corrected chi connectivity index (χ3v) is 5.36. The third-order valence-electron chi connectivity index (χ3n) is 5.36. The van der Waals surface area contributed by atoms with Gasteiger partial charge < -0.3 is 9.72 Å². The Balaban J connectivity index is 1.46. The molecule has 4 heteroatoms. The Hall–Kier alpha value is -0.870. The molecular weight excluding hydrogens is 262 g/mol.